The van der Waals surface area contributed by atoms with Crippen LogP contribution in [0.4, 0.5) is 10.5 Å². The van der Waals surface area contributed by atoms with Gasteiger partial charge in [0.15, 0.2) is 0 Å². The maximum Gasteiger partial charge on any atom is 0.407 e. The predicted molar refractivity (Wildman–Crippen MR) is 94.2 cm³/mol. The number of aromatic nitrogens is 1. The van der Waals surface area contributed by atoms with Crippen molar-refractivity contribution in [2.45, 2.75) is 25.0 Å². The van der Waals surface area contributed by atoms with E-state index in [1.54, 1.807) is 19.3 Å². The van der Waals surface area contributed by atoms with Crippen LogP contribution in [0.25, 0.3) is 0 Å². The van der Waals surface area contributed by atoms with Gasteiger partial charge in [0.25, 0.3) is 0 Å². The highest BCUT2D eigenvalue weighted by atomic mass is 35.5. The first-order valence-electron chi connectivity index (χ1n) is 7.91. The number of benzene rings is 1. The number of halogens is 1. The van der Waals surface area contributed by atoms with Gasteiger partial charge in [-0.15, -0.1) is 0 Å². The number of nitrogens with zero attached hydrogens (tertiary/aromatic N) is 2. The maximum absolute atomic E-state index is 11.6. The van der Waals surface area contributed by atoms with Crippen molar-refractivity contribution in [2.24, 2.45) is 0 Å². The van der Waals surface area contributed by atoms with Crippen molar-refractivity contribution in [3.05, 3.63) is 59.4 Å². The highest BCUT2D eigenvalue weighted by molar-refractivity contribution is 6.29. The predicted octanol–water partition coefficient (Wildman–Crippen LogP) is 3.63. The van der Waals surface area contributed by atoms with E-state index >= 15 is 0 Å². The molecule has 1 fully saturated rings. The molecule has 1 aromatic carbocycles. The summed E-state index contributed by atoms with van der Waals surface area (Å²) in [6.45, 7) is 1.33. The van der Waals surface area contributed by atoms with Crippen LogP contribution in [0.2, 0.25) is 5.15 Å². The number of amides is 1. The summed E-state index contributed by atoms with van der Waals surface area (Å²) < 4.78 is 5.57. The minimum Gasteiger partial charge on any atom is -0.441 e. The van der Waals surface area contributed by atoms with Gasteiger partial charge in [-0.3, -0.25) is 0 Å². The van der Waals surface area contributed by atoms with Gasteiger partial charge in [-0.25, -0.2) is 9.78 Å². The summed E-state index contributed by atoms with van der Waals surface area (Å²) in [5.74, 6) is 0. The van der Waals surface area contributed by atoms with Gasteiger partial charge in [-0.2, -0.15) is 0 Å². The summed E-state index contributed by atoms with van der Waals surface area (Å²) in [4.78, 5) is 18.0. The summed E-state index contributed by atoms with van der Waals surface area (Å²) in [5.41, 5.74) is 1.72. The molecule has 1 heterocycles. The molecule has 1 amide bonds. The number of nitrogens with one attached hydrogen (secondary N) is 1. The first-order valence-corrected chi connectivity index (χ1v) is 8.29. The van der Waals surface area contributed by atoms with Crippen LogP contribution >= 0.6 is 11.6 Å². The Kier molecular flexibility index (Phi) is 4.90. The zero-order chi connectivity index (χ0) is 17.0. The number of pyridine rings is 1. The lowest BCUT2D eigenvalue weighted by molar-refractivity contribution is 0.0876. The minimum atomic E-state index is -0.422. The molecule has 1 aliphatic carbocycles. The third-order valence-corrected chi connectivity index (χ3v) is 4.32. The van der Waals surface area contributed by atoms with Crippen LogP contribution in [0.3, 0.4) is 0 Å². The van der Waals surface area contributed by atoms with Crippen molar-refractivity contribution in [2.75, 3.05) is 18.5 Å². The quantitative estimate of drug-likeness (QED) is 0.812. The van der Waals surface area contributed by atoms with Crippen LogP contribution < -0.4 is 10.2 Å². The standard InChI is InChI=1S/C18H20ClN3O2/c1-20-17(23)24-18(9-10-18)13-22(12-14-5-3-2-4-6-14)15-7-8-16(19)21-11-15/h2-8,11H,9-10,12-13H2,1H3,(H,20,23). The highest BCUT2D eigenvalue weighted by Gasteiger charge is 2.48. The second-order valence-electron chi connectivity index (χ2n) is 6.00. The molecular formula is C18H20ClN3O2. The monoisotopic (exact) mass is 345 g/mol. The zero-order valence-electron chi connectivity index (χ0n) is 13.5. The Balaban J connectivity index is 1.79. The number of ether oxygens (including phenoxy) is 1. The molecule has 0 spiro atoms. The van der Waals surface area contributed by atoms with Crippen molar-refractivity contribution in [3.63, 3.8) is 0 Å². The van der Waals surface area contributed by atoms with Gasteiger partial charge in [0, 0.05) is 13.6 Å². The van der Waals surface area contributed by atoms with E-state index in [0.717, 1.165) is 18.5 Å². The van der Waals surface area contributed by atoms with E-state index in [4.69, 9.17) is 16.3 Å². The SMILES string of the molecule is CNC(=O)OC1(CN(Cc2ccccc2)c2ccc(Cl)nc2)CC1. The topological polar surface area (TPSA) is 54.5 Å². The van der Waals surface area contributed by atoms with Crippen molar-refractivity contribution in [3.8, 4) is 0 Å². The van der Waals surface area contributed by atoms with E-state index in [1.165, 1.54) is 5.56 Å². The van der Waals surface area contributed by atoms with Gasteiger partial charge in [-0.05, 0) is 30.5 Å². The van der Waals surface area contributed by atoms with Crippen LogP contribution in [0.1, 0.15) is 18.4 Å². The summed E-state index contributed by atoms with van der Waals surface area (Å²) in [6.07, 6.45) is 3.10. The number of alkyl carbamates (subject to hydrolysis) is 1. The number of hydrogen-bond donors (Lipinski definition) is 1. The van der Waals surface area contributed by atoms with Crippen LogP contribution in [-0.2, 0) is 11.3 Å². The van der Waals surface area contributed by atoms with Crippen molar-refractivity contribution in [1.82, 2.24) is 10.3 Å². The van der Waals surface area contributed by atoms with Gasteiger partial charge < -0.3 is 15.0 Å². The molecule has 1 N–H and O–H groups in total. The molecule has 0 aliphatic heterocycles. The normalized spacial score (nSPS) is 14.8. The van der Waals surface area contributed by atoms with Crippen LogP contribution in [0.15, 0.2) is 48.7 Å². The van der Waals surface area contributed by atoms with Crippen LogP contribution in [0.5, 0.6) is 0 Å². The summed E-state index contributed by atoms with van der Waals surface area (Å²) >= 11 is 5.90. The van der Waals surface area contributed by atoms with Crippen LogP contribution in [0, 0.1) is 0 Å². The first-order chi connectivity index (χ1) is 11.6. The molecule has 6 heteroatoms. The molecule has 0 saturated heterocycles. The average molecular weight is 346 g/mol. The molecule has 0 unspecified atom stereocenters. The number of rotatable bonds is 6. The summed E-state index contributed by atoms with van der Waals surface area (Å²) in [7, 11) is 1.57. The van der Waals surface area contributed by atoms with Gasteiger partial charge >= 0.3 is 6.09 Å². The highest BCUT2D eigenvalue weighted by Crippen LogP contribution is 2.41. The smallest absolute Gasteiger partial charge is 0.407 e. The Bertz CT molecular complexity index is 687. The zero-order valence-corrected chi connectivity index (χ0v) is 14.3. The van der Waals surface area contributed by atoms with E-state index < -0.39 is 5.60 Å². The minimum absolute atomic E-state index is 0.388. The Morgan fingerprint density at radius 3 is 2.62 bits per heavy atom. The number of carbonyl (C=O) groups excluding carboxylic acids is 1. The van der Waals surface area contributed by atoms with Crippen molar-refractivity contribution < 1.29 is 9.53 Å². The van der Waals surface area contributed by atoms with Gasteiger partial charge in [0.05, 0.1) is 18.4 Å². The van der Waals surface area contributed by atoms with E-state index in [9.17, 15) is 4.79 Å². The Labute approximate surface area is 146 Å². The van der Waals surface area contributed by atoms with E-state index in [1.807, 2.05) is 24.3 Å². The Hall–Kier alpha value is -2.27. The van der Waals surface area contributed by atoms with Crippen LogP contribution in [-0.4, -0.2) is 30.3 Å². The van der Waals surface area contributed by atoms with Gasteiger partial charge in [0.1, 0.15) is 10.8 Å². The molecule has 24 heavy (non-hydrogen) atoms. The Morgan fingerprint density at radius 1 is 1.29 bits per heavy atom. The molecule has 2 aromatic rings. The molecular weight excluding hydrogens is 326 g/mol. The second-order valence-corrected chi connectivity index (χ2v) is 6.39. The third kappa shape index (κ3) is 4.17. The number of hydrogen-bond acceptors (Lipinski definition) is 4. The lowest BCUT2D eigenvalue weighted by Crippen LogP contribution is -2.38. The molecule has 1 saturated carbocycles. The number of anilines is 1. The molecule has 0 radical (unpaired) electrons. The van der Waals surface area contributed by atoms with Crippen molar-refractivity contribution >= 4 is 23.4 Å². The van der Waals surface area contributed by atoms with Gasteiger partial charge in [0.2, 0.25) is 0 Å². The molecule has 1 aliphatic rings. The molecule has 3 rings (SSSR count). The first kappa shape index (κ1) is 16.6. The second kappa shape index (κ2) is 7.09. The summed E-state index contributed by atoms with van der Waals surface area (Å²) in [6, 6.07) is 13.9. The average Bonchev–Trinajstić information content (AvgIpc) is 3.35. The van der Waals surface area contributed by atoms with E-state index in [2.05, 4.69) is 27.3 Å². The molecule has 1 aromatic heterocycles. The molecule has 5 nitrogen and oxygen atoms in total. The third-order valence-electron chi connectivity index (χ3n) is 4.09. The maximum atomic E-state index is 11.6. The van der Waals surface area contributed by atoms with E-state index in [-0.39, 0.29) is 6.09 Å². The summed E-state index contributed by atoms with van der Waals surface area (Å²) in [5, 5.41) is 2.98. The number of carbonyl (C=O) groups is 1. The molecule has 0 bridgehead atoms. The fourth-order valence-corrected chi connectivity index (χ4v) is 2.74. The van der Waals surface area contributed by atoms with Crippen molar-refractivity contribution in [1.29, 1.82) is 0 Å². The van der Waals surface area contributed by atoms with Gasteiger partial charge in [-0.1, -0.05) is 41.9 Å². The fraction of sp³-hybridized carbons (Fsp3) is 0.333. The lowest BCUT2D eigenvalue weighted by atomic mass is 10.2. The lowest BCUT2D eigenvalue weighted by Gasteiger charge is -2.29. The molecule has 126 valence electrons. The molecule has 0 atom stereocenters. The largest absolute Gasteiger partial charge is 0.441 e. The fourth-order valence-electron chi connectivity index (χ4n) is 2.62. The van der Waals surface area contributed by atoms with E-state index in [0.29, 0.717) is 18.2 Å². The Morgan fingerprint density at radius 2 is 2.04 bits per heavy atom.